The molecule has 0 amide bonds. The first-order chi connectivity index (χ1) is 13.4. The maximum atomic E-state index is 2.50. The maximum Gasteiger partial charge on any atom is 0.106 e. The van der Waals surface area contributed by atoms with Crippen molar-refractivity contribution in [2.24, 2.45) is 5.92 Å². The zero-order chi connectivity index (χ0) is 19.6. The molecule has 2 aromatic carbocycles. The van der Waals surface area contributed by atoms with Gasteiger partial charge in [0.05, 0.1) is 0 Å². The van der Waals surface area contributed by atoms with Gasteiger partial charge in [-0.3, -0.25) is 0 Å². The zero-order valence-electron chi connectivity index (χ0n) is 17.7. The summed E-state index contributed by atoms with van der Waals surface area (Å²) in [5, 5.41) is 6.40. The number of hydrogen-bond acceptors (Lipinski definition) is 1. The Hall–Kier alpha value is -0.310. The van der Waals surface area contributed by atoms with Gasteiger partial charge < -0.3 is 24.8 Å². The van der Waals surface area contributed by atoms with Crippen molar-refractivity contribution >= 4 is 36.7 Å². The molecular weight excluding hydrogens is 523 g/mol. The van der Waals surface area contributed by atoms with E-state index in [0.717, 1.165) is 5.92 Å². The van der Waals surface area contributed by atoms with Crippen LogP contribution in [-0.4, -0.2) is 8.07 Å². The first-order valence-corrected chi connectivity index (χ1v) is 15.4. The van der Waals surface area contributed by atoms with Crippen LogP contribution >= 0.6 is 11.8 Å². The van der Waals surface area contributed by atoms with Crippen molar-refractivity contribution in [3.05, 3.63) is 85.5 Å². The Balaban J connectivity index is 0.000000161. The molecule has 4 aliphatic rings. The summed E-state index contributed by atoms with van der Waals surface area (Å²) in [7, 11) is -1.08. The van der Waals surface area contributed by atoms with E-state index in [1.165, 1.54) is 33.9 Å². The second-order valence-electron chi connectivity index (χ2n) is 8.65. The minimum Gasteiger partial charge on any atom is -1.00 e. The Morgan fingerprint density at radius 1 is 1.03 bits per heavy atom. The average molecular weight is 548 g/mol. The number of fused-ring (bicyclic) bond motifs is 3. The summed E-state index contributed by atoms with van der Waals surface area (Å²) >= 11 is 3.65. The Morgan fingerprint density at radius 3 is 2.50 bits per heavy atom. The number of hydrogen-bond donors (Lipinski definition) is 0. The van der Waals surface area contributed by atoms with Gasteiger partial charge in [-0.1, -0.05) is 54.3 Å². The van der Waals surface area contributed by atoms with Gasteiger partial charge in [-0.05, 0) is 16.2 Å². The quantitative estimate of drug-likeness (QED) is 0.488. The van der Waals surface area contributed by atoms with Gasteiger partial charge in [-0.25, -0.2) is 0 Å². The molecule has 5 heteroatoms. The SMILES string of the molecule is CC1=Cc2c(ccc3ccccc23)[CH]1[Zr+2].CCC1=C2C3C(=CC=C3[Si]2(C)C)S1.[Cl-].[Cl-]. The van der Waals surface area contributed by atoms with E-state index < -0.39 is 8.07 Å². The van der Waals surface area contributed by atoms with E-state index in [-0.39, 0.29) is 24.8 Å². The number of allylic oxidation sites excluding steroid dienone is 7. The number of benzene rings is 2. The standard InChI is InChI=1S/C14H11.C11H14SSi.2ClH.Zr/c1-10-8-12-7-6-11-4-2-3-5-13(11)14(12)9-10;1-4-7-11-10-8(12-7)5-6-9(10)13(11,2)3;;;/h2-9H,1H3;5-6,10H,4H2,1-3H3;2*1H;/q;;;;+2/p-2. The largest absolute Gasteiger partial charge is 1.00 e. The Kier molecular flexibility index (Phi) is 7.23. The maximum absolute atomic E-state index is 2.50. The molecule has 2 aromatic rings. The van der Waals surface area contributed by atoms with Gasteiger partial charge in [0, 0.05) is 5.92 Å². The molecule has 2 aliphatic carbocycles. The molecule has 153 valence electrons. The summed E-state index contributed by atoms with van der Waals surface area (Å²) in [6.45, 7) is 9.54. The first kappa shape index (κ1) is 24.3. The Labute approximate surface area is 213 Å². The van der Waals surface area contributed by atoms with Gasteiger partial charge in [0.1, 0.15) is 8.07 Å². The van der Waals surface area contributed by atoms with E-state index in [2.05, 4.69) is 93.3 Å². The molecule has 2 heterocycles. The molecule has 1 fully saturated rings. The fraction of sp³-hybridized carbons (Fsp3) is 0.280. The fourth-order valence-corrected chi connectivity index (χ4v) is 11.8. The van der Waals surface area contributed by atoms with E-state index in [9.17, 15) is 0 Å². The van der Waals surface area contributed by atoms with Crippen molar-refractivity contribution in [2.45, 2.75) is 37.0 Å². The smallest absolute Gasteiger partial charge is 0.106 e. The van der Waals surface area contributed by atoms with Crippen molar-refractivity contribution in [2.75, 3.05) is 0 Å². The average Bonchev–Trinajstić information content (AvgIpc) is 3.31. The number of thioether (sulfide) groups is 1. The van der Waals surface area contributed by atoms with E-state index in [1.54, 1.807) is 39.7 Å². The Morgan fingerprint density at radius 2 is 1.77 bits per heavy atom. The summed E-state index contributed by atoms with van der Waals surface area (Å²) in [6.07, 6.45) is 8.36. The van der Waals surface area contributed by atoms with Crippen LogP contribution in [0.1, 0.15) is 35.0 Å². The van der Waals surface area contributed by atoms with Crippen LogP contribution in [0.4, 0.5) is 0 Å². The third-order valence-electron chi connectivity index (χ3n) is 6.71. The summed E-state index contributed by atoms with van der Waals surface area (Å²) < 4.78 is 0.678. The third-order valence-corrected chi connectivity index (χ3v) is 14.0. The van der Waals surface area contributed by atoms with Crippen LogP contribution in [0.2, 0.25) is 13.1 Å². The van der Waals surface area contributed by atoms with Crippen LogP contribution in [0, 0.1) is 5.92 Å². The van der Waals surface area contributed by atoms with Crippen LogP contribution in [0.15, 0.2) is 74.3 Å². The molecule has 0 saturated carbocycles. The summed E-state index contributed by atoms with van der Waals surface area (Å²) in [6, 6.07) is 13.2. The van der Waals surface area contributed by atoms with E-state index >= 15 is 0 Å². The van der Waals surface area contributed by atoms with Crippen molar-refractivity contribution in [1.82, 2.24) is 0 Å². The van der Waals surface area contributed by atoms with Gasteiger partial charge in [0.2, 0.25) is 0 Å². The molecule has 2 atom stereocenters. The number of rotatable bonds is 1. The molecule has 6 rings (SSSR count). The summed E-state index contributed by atoms with van der Waals surface area (Å²) in [5.41, 5.74) is 4.48. The van der Waals surface area contributed by atoms with Gasteiger partial charge in [-0.2, -0.15) is 0 Å². The minimum absolute atomic E-state index is 0. The van der Waals surface area contributed by atoms with Crippen LogP contribution in [0.5, 0.6) is 0 Å². The first-order valence-electron chi connectivity index (χ1n) is 10.2. The zero-order valence-corrected chi connectivity index (χ0v) is 23.5. The second-order valence-corrected chi connectivity index (χ2v) is 15.6. The van der Waals surface area contributed by atoms with Crippen molar-refractivity contribution in [3.63, 3.8) is 0 Å². The predicted octanol–water partition coefficient (Wildman–Crippen LogP) is 1.49. The van der Waals surface area contributed by atoms with Crippen molar-refractivity contribution in [1.29, 1.82) is 0 Å². The molecule has 0 bridgehead atoms. The van der Waals surface area contributed by atoms with Gasteiger partial charge in [0.25, 0.3) is 0 Å². The second kappa shape index (κ2) is 8.91. The van der Waals surface area contributed by atoms with Gasteiger partial charge in [0.15, 0.2) is 0 Å². The van der Waals surface area contributed by atoms with Gasteiger partial charge in [-0.15, -0.1) is 0 Å². The summed E-state index contributed by atoms with van der Waals surface area (Å²) in [4.78, 5) is 3.32. The molecule has 2 unspecified atom stereocenters. The summed E-state index contributed by atoms with van der Waals surface area (Å²) in [5.74, 6) is 0.793. The van der Waals surface area contributed by atoms with E-state index in [0.29, 0.717) is 3.63 Å². The molecule has 0 spiro atoms. The van der Waals surface area contributed by atoms with E-state index in [4.69, 9.17) is 0 Å². The van der Waals surface area contributed by atoms with E-state index in [1.807, 2.05) is 5.20 Å². The fourth-order valence-electron chi connectivity index (χ4n) is 5.17. The van der Waals surface area contributed by atoms with Crippen LogP contribution < -0.4 is 24.8 Å². The molecule has 0 nitrogen and oxygen atoms in total. The Bertz CT molecular complexity index is 1140. The molecule has 30 heavy (non-hydrogen) atoms. The topological polar surface area (TPSA) is 0 Å². The van der Waals surface area contributed by atoms with Crippen LogP contribution in [-0.2, 0) is 24.7 Å². The van der Waals surface area contributed by atoms with Gasteiger partial charge >= 0.3 is 105 Å². The molecule has 0 radical (unpaired) electrons. The predicted molar refractivity (Wildman–Crippen MR) is 122 cm³/mol. The third kappa shape index (κ3) is 3.54. The number of halogens is 2. The molecule has 0 aromatic heterocycles. The van der Waals surface area contributed by atoms with Crippen molar-refractivity contribution < 1.29 is 49.5 Å². The van der Waals surface area contributed by atoms with Crippen molar-refractivity contribution in [3.8, 4) is 0 Å². The van der Waals surface area contributed by atoms with Crippen LogP contribution in [0.25, 0.3) is 16.8 Å². The van der Waals surface area contributed by atoms with Crippen LogP contribution in [0.3, 0.4) is 0 Å². The monoisotopic (exact) mass is 545 g/mol. The minimum atomic E-state index is -1.08. The normalized spacial score (nSPS) is 23.7. The molecule has 0 N–H and O–H groups in total. The molecule has 1 saturated heterocycles. The molecule has 2 aliphatic heterocycles. The molecular formula is C25H25Cl2SSiZr.